The number of hydrogen-bond acceptors (Lipinski definition) is 7. The summed E-state index contributed by atoms with van der Waals surface area (Å²) in [6.45, 7) is 2.03. The van der Waals surface area contributed by atoms with E-state index in [0.29, 0.717) is 5.82 Å². The lowest BCUT2D eigenvalue weighted by Crippen LogP contribution is -1.91. The molecule has 0 aliphatic rings. The molecule has 0 aliphatic carbocycles. The largest absolute Gasteiger partial charge is 0.384 e. The van der Waals surface area contributed by atoms with E-state index >= 15 is 0 Å². The molecule has 0 spiro atoms. The first kappa shape index (κ1) is 10.3. The zero-order chi connectivity index (χ0) is 10.7. The van der Waals surface area contributed by atoms with E-state index in [1.807, 2.05) is 6.92 Å². The van der Waals surface area contributed by atoms with Crippen molar-refractivity contribution in [3.05, 3.63) is 18.2 Å². The fraction of sp³-hybridized carbons (Fsp3) is 0.250. The van der Waals surface area contributed by atoms with Crippen molar-refractivity contribution in [2.24, 2.45) is 0 Å². The van der Waals surface area contributed by atoms with Crippen molar-refractivity contribution < 1.29 is 0 Å². The Labute approximate surface area is 95.3 Å². The molecule has 15 heavy (non-hydrogen) atoms. The van der Waals surface area contributed by atoms with Crippen molar-refractivity contribution in [3.8, 4) is 0 Å². The standard InChI is InChI=1S/C8H9N5S2/c1-2-6-12-8(15-13-6)14-7-3-5(9)10-4-11-7/h3-4H,2H2,1H3,(H2,9,10,11). The summed E-state index contributed by atoms with van der Waals surface area (Å²) < 4.78 is 5.07. The Hall–Kier alpha value is -1.21. The van der Waals surface area contributed by atoms with E-state index < -0.39 is 0 Å². The molecule has 0 amide bonds. The molecule has 0 radical (unpaired) electrons. The summed E-state index contributed by atoms with van der Waals surface area (Å²) in [5.41, 5.74) is 5.55. The average molecular weight is 239 g/mol. The number of rotatable bonds is 3. The number of nitrogen functional groups attached to an aromatic ring is 1. The van der Waals surface area contributed by atoms with Crippen molar-refractivity contribution in [1.82, 2.24) is 19.3 Å². The SMILES string of the molecule is CCc1nsc(Sc2cc(N)ncn2)n1. The first-order valence-electron chi connectivity index (χ1n) is 4.36. The molecule has 2 heterocycles. The Morgan fingerprint density at radius 1 is 1.47 bits per heavy atom. The molecule has 5 nitrogen and oxygen atoms in total. The second-order valence-electron chi connectivity index (χ2n) is 2.71. The van der Waals surface area contributed by atoms with Crippen LogP contribution < -0.4 is 5.73 Å². The Bertz CT molecular complexity index is 456. The lowest BCUT2D eigenvalue weighted by atomic mass is 10.5. The molecule has 0 fully saturated rings. The van der Waals surface area contributed by atoms with Gasteiger partial charge in [-0.05, 0) is 23.3 Å². The van der Waals surface area contributed by atoms with Gasteiger partial charge < -0.3 is 5.73 Å². The Morgan fingerprint density at radius 3 is 3.00 bits per heavy atom. The zero-order valence-electron chi connectivity index (χ0n) is 8.04. The fourth-order valence-electron chi connectivity index (χ4n) is 0.922. The number of aromatic nitrogens is 4. The molecule has 2 aromatic heterocycles. The second-order valence-corrected chi connectivity index (χ2v) is 4.73. The van der Waals surface area contributed by atoms with E-state index in [2.05, 4.69) is 19.3 Å². The lowest BCUT2D eigenvalue weighted by Gasteiger charge is -1.95. The molecule has 0 saturated carbocycles. The summed E-state index contributed by atoms with van der Waals surface area (Å²) in [4.78, 5) is 12.2. The molecule has 0 unspecified atom stereocenters. The highest BCUT2D eigenvalue weighted by molar-refractivity contribution is 8.00. The van der Waals surface area contributed by atoms with E-state index in [9.17, 15) is 0 Å². The van der Waals surface area contributed by atoms with Crippen molar-refractivity contribution in [3.63, 3.8) is 0 Å². The second kappa shape index (κ2) is 4.54. The van der Waals surface area contributed by atoms with Crippen LogP contribution in [-0.2, 0) is 6.42 Å². The quantitative estimate of drug-likeness (QED) is 0.820. The van der Waals surface area contributed by atoms with Gasteiger partial charge in [0.2, 0.25) is 0 Å². The predicted octanol–water partition coefficient (Wildman–Crippen LogP) is 1.62. The van der Waals surface area contributed by atoms with Crippen LogP contribution in [0, 0.1) is 0 Å². The Morgan fingerprint density at radius 2 is 2.33 bits per heavy atom. The molecular weight excluding hydrogens is 230 g/mol. The molecule has 2 aromatic rings. The van der Waals surface area contributed by atoms with Gasteiger partial charge in [0.25, 0.3) is 0 Å². The zero-order valence-corrected chi connectivity index (χ0v) is 9.68. The topological polar surface area (TPSA) is 77.6 Å². The minimum absolute atomic E-state index is 0.465. The third-order valence-corrected chi connectivity index (χ3v) is 3.34. The molecule has 2 N–H and O–H groups in total. The van der Waals surface area contributed by atoms with Crippen LogP contribution in [0.25, 0.3) is 0 Å². The predicted molar refractivity (Wildman–Crippen MR) is 59.9 cm³/mol. The van der Waals surface area contributed by atoms with Gasteiger partial charge in [-0.1, -0.05) is 6.92 Å². The maximum atomic E-state index is 5.55. The van der Waals surface area contributed by atoms with E-state index in [1.54, 1.807) is 6.07 Å². The third kappa shape index (κ3) is 2.63. The van der Waals surface area contributed by atoms with Gasteiger partial charge in [0.15, 0.2) is 4.34 Å². The normalized spacial score (nSPS) is 10.5. The summed E-state index contributed by atoms with van der Waals surface area (Å²) in [7, 11) is 0. The van der Waals surface area contributed by atoms with Gasteiger partial charge in [0.1, 0.15) is 23.0 Å². The number of hydrogen-bond donors (Lipinski definition) is 1. The van der Waals surface area contributed by atoms with Crippen LogP contribution in [0.4, 0.5) is 5.82 Å². The van der Waals surface area contributed by atoms with E-state index in [-0.39, 0.29) is 0 Å². The summed E-state index contributed by atoms with van der Waals surface area (Å²) >= 11 is 2.83. The monoisotopic (exact) mass is 239 g/mol. The van der Waals surface area contributed by atoms with Crippen LogP contribution in [0.5, 0.6) is 0 Å². The van der Waals surface area contributed by atoms with Gasteiger partial charge in [-0.2, -0.15) is 4.37 Å². The van der Waals surface area contributed by atoms with Crippen LogP contribution in [0.3, 0.4) is 0 Å². The molecule has 0 atom stereocenters. The summed E-state index contributed by atoms with van der Waals surface area (Å²) in [5, 5.41) is 0.793. The summed E-state index contributed by atoms with van der Waals surface area (Å²) in [6, 6.07) is 1.72. The van der Waals surface area contributed by atoms with Crippen molar-refractivity contribution >= 4 is 29.1 Å². The number of anilines is 1. The number of nitrogens with two attached hydrogens (primary N) is 1. The smallest absolute Gasteiger partial charge is 0.176 e. The lowest BCUT2D eigenvalue weighted by molar-refractivity contribution is 0.969. The maximum absolute atomic E-state index is 5.55. The minimum atomic E-state index is 0.465. The van der Waals surface area contributed by atoms with Gasteiger partial charge in [-0.3, -0.25) is 0 Å². The van der Waals surface area contributed by atoms with Crippen LogP contribution >= 0.6 is 23.3 Å². The van der Waals surface area contributed by atoms with Crippen LogP contribution in [0.15, 0.2) is 21.8 Å². The molecule has 2 rings (SSSR count). The molecule has 7 heteroatoms. The van der Waals surface area contributed by atoms with Gasteiger partial charge in [-0.25, -0.2) is 15.0 Å². The minimum Gasteiger partial charge on any atom is -0.384 e. The van der Waals surface area contributed by atoms with E-state index in [1.165, 1.54) is 29.6 Å². The van der Waals surface area contributed by atoms with Crippen LogP contribution in [-0.4, -0.2) is 19.3 Å². The molecule has 0 saturated heterocycles. The fourth-order valence-corrected chi connectivity index (χ4v) is 2.55. The number of nitrogens with zero attached hydrogens (tertiary/aromatic N) is 4. The van der Waals surface area contributed by atoms with Gasteiger partial charge in [0.05, 0.1) is 0 Å². The van der Waals surface area contributed by atoms with E-state index in [0.717, 1.165) is 21.6 Å². The summed E-state index contributed by atoms with van der Waals surface area (Å²) in [6.07, 6.45) is 2.29. The molecular formula is C8H9N5S2. The molecule has 78 valence electrons. The van der Waals surface area contributed by atoms with Gasteiger partial charge in [-0.15, -0.1) is 0 Å². The van der Waals surface area contributed by atoms with Crippen LogP contribution in [0.2, 0.25) is 0 Å². The third-order valence-electron chi connectivity index (χ3n) is 1.62. The first-order chi connectivity index (χ1) is 7.28. The van der Waals surface area contributed by atoms with Gasteiger partial charge >= 0.3 is 0 Å². The Balaban J connectivity index is 2.14. The van der Waals surface area contributed by atoms with Crippen molar-refractivity contribution in [1.29, 1.82) is 0 Å². The molecule has 0 aromatic carbocycles. The molecule has 0 bridgehead atoms. The van der Waals surface area contributed by atoms with Crippen molar-refractivity contribution in [2.45, 2.75) is 22.7 Å². The first-order valence-corrected chi connectivity index (χ1v) is 5.95. The number of aryl methyl sites for hydroxylation is 1. The van der Waals surface area contributed by atoms with Gasteiger partial charge in [0, 0.05) is 12.5 Å². The maximum Gasteiger partial charge on any atom is 0.176 e. The summed E-state index contributed by atoms with van der Waals surface area (Å²) in [5.74, 6) is 1.33. The Kier molecular flexibility index (Phi) is 3.12. The highest BCUT2D eigenvalue weighted by Crippen LogP contribution is 2.27. The van der Waals surface area contributed by atoms with Crippen LogP contribution in [0.1, 0.15) is 12.7 Å². The average Bonchev–Trinajstić information content (AvgIpc) is 2.65. The van der Waals surface area contributed by atoms with E-state index in [4.69, 9.17) is 5.73 Å². The highest BCUT2D eigenvalue weighted by Gasteiger charge is 2.05. The highest BCUT2D eigenvalue weighted by atomic mass is 32.2. The molecule has 0 aliphatic heterocycles. The van der Waals surface area contributed by atoms with Crippen molar-refractivity contribution in [2.75, 3.05) is 5.73 Å².